The fourth-order valence-corrected chi connectivity index (χ4v) is 10.2. The number of carbonyl (C=O) groups is 1. The summed E-state index contributed by atoms with van der Waals surface area (Å²) in [6.45, 7) is 7.88. The topological polar surface area (TPSA) is 26.3 Å². The lowest BCUT2D eigenvalue weighted by Gasteiger charge is -2.45. The molecule has 0 amide bonds. The number of hydrogen-bond acceptors (Lipinski definition) is 2. The second kappa shape index (κ2) is 7.62. The molecule has 0 N–H and O–H groups in total. The van der Waals surface area contributed by atoms with Crippen molar-refractivity contribution in [1.82, 2.24) is 0 Å². The van der Waals surface area contributed by atoms with Crippen LogP contribution in [0.4, 0.5) is 0 Å². The van der Waals surface area contributed by atoms with Gasteiger partial charge in [0.05, 0.1) is 0 Å². The van der Waals surface area contributed by atoms with Crippen molar-refractivity contribution in [3.8, 4) is 0 Å². The smallest absolute Gasteiger partial charge is 0.319 e. The van der Waals surface area contributed by atoms with Gasteiger partial charge in [-0.15, -0.1) is 0 Å². The van der Waals surface area contributed by atoms with Gasteiger partial charge in [-0.3, -0.25) is 0 Å². The molecular formula is C18H32O2Si. The molecule has 0 heterocycles. The van der Waals surface area contributed by atoms with E-state index in [1.165, 1.54) is 64.2 Å². The molecule has 0 aromatic carbocycles. The molecule has 0 atom stereocenters. The van der Waals surface area contributed by atoms with Gasteiger partial charge in [-0.05, 0) is 49.7 Å². The molecule has 0 spiro atoms. The molecule has 3 heteroatoms. The zero-order chi connectivity index (χ0) is 15.3. The molecule has 0 aliphatic heterocycles. The average molecular weight is 309 g/mol. The molecule has 0 bridgehead atoms. The molecule has 2 nitrogen and oxygen atoms in total. The number of hydrogen-bond donors (Lipinski definition) is 0. The number of carbonyl (C=O) groups excluding carboxylic acids is 1. The summed E-state index contributed by atoms with van der Waals surface area (Å²) >= 11 is 0. The molecule has 0 aromatic heterocycles. The molecule has 2 aliphatic carbocycles. The summed E-state index contributed by atoms with van der Waals surface area (Å²) in [6, 6.07) is 1.10. The van der Waals surface area contributed by atoms with E-state index in [4.69, 9.17) is 4.43 Å². The Morgan fingerprint density at radius 3 is 1.76 bits per heavy atom. The fraction of sp³-hybridized carbons (Fsp3) is 0.833. The molecular weight excluding hydrogens is 276 g/mol. The van der Waals surface area contributed by atoms with Crippen LogP contribution in [0, 0.1) is 0 Å². The molecule has 0 unspecified atom stereocenters. The van der Waals surface area contributed by atoms with Crippen molar-refractivity contribution >= 4 is 14.3 Å². The van der Waals surface area contributed by atoms with Crippen molar-refractivity contribution in [3.63, 3.8) is 0 Å². The van der Waals surface area contributed by atoms with Gasteiger partial charge in [-0.2, -0.15) is 0 Å². The van der Waals surface area contributed by atoms with Gasteiger partial charge in [0.2, 0.25) is 0 Å². The molecule has 2 rings (SSSR count). The van der Waals surface area contributed by atoms with Crippen LogP contribution in [0.2, 0.25) is 17.1 Å². The molecule has 21 heavy (non-hydrogen) atoms. The standard InChI is InChI=1S/C18H32O2Si/c1-4-21(20-18(19)15(2)3,16-11-7-5-8-12-16)17-13-9-6-10-14-17/h16-17H,2,4-14H2,1,3H3. The van der Waals surface area contributed by atoms with E-state index < -0.39 is 8.32 Å². The van der Waals surface area contributed by atoms with Crippen molar-refractivity contribution in [3.05, 3.63) is 12.2 Å². The van der Waals surface area contributed by atoms with Crippen LogP contribution in [0.15, 0.2) is 12.2 Å². The second-order valence-corrected chi connectivity index (χ2v) is 11.6. The maximum Gasteiger partial charge on any atom is 0.319 e. The van der Waals surface area contributed by atoms with Crippen LogP contribution >= 0.6 is 0 Å². The first-order chi connectivity index (χ1) is 10.1. The van der Waals surface area contributed by atoms with Crippen molar-refractivity contribution < 1.29 is 9.22 Å². The summed E-state index contributed by atoms with van der Waals surface area (Å²) < 4.78 is 6.33. The third-order valence-electron chi connectivity index (χ3n) is 5.78. The van der Waals surface area contributed by atoms with E-state index in [0.717, 1.165) is 6.04 Å². The number of rotatable bonds is 5. The largest absolute Gasteiger partial charge is 0.515 e. The quantitative estimate of drug-likeness (QED) is 0.478. The fourth-order valence-electron chi connectivity index (χ4n) is 4.59. The first-order valence-corrected chi connectivity index (χ1v) is 11.3. The van der Waals surface area contributed by atoms with E-state index in [0.29, 0.717) is 16.7 Å². The van der Waals surface area contributed by atoms with Crippen LogP contribution in [0.3, 0.4) is 0 Å². The molecule has 2 saturated carbocycles. The Kier molecular flexibility index (Phi) is 6.09. The lowest BCUT2D eigenvalue weighted by atomic mass is 9.99. The highest BCUT2D eigenvalue weighted by atomic mass is 28.4. The maximum absolute atomic E-state index is 12.3. The Balaban J connectivity index is 2.24. The van der Waals surface area contributed by atoms with Gasteiger partial charge in [0.25, 0.3) is 8.32 Å². The second-order valence-electron chi connectivity index (χ2n) is 7.15. The van der Waals surface area contributed by atoms with Crippen LogP contribution < -0.4 is 0 Å². The Hall–Kier alpha value is -0.573. The monoisotopic (exact) mass is 308 g/mol. The van der Waals surface area contributed by atoms with Crippen LogP contribution in [0.1, 0.15) is 78.1 Å². The van der Waals surface area contributed by atoms with Crippen molar-refractivity contribution in [2.24, 2.45) is 0 Å². The van der Waals surface area contributed by atoms with E-state index >= 15 is 0 Å². The Labute approximate surface area is 131 Å². The van der Waals surface area contributed by atoms with Gasteiger partial charge >= 0.3 is 5.97 Å². The predicted octanol–water partition coefficient (Wildman–Crippen LogP) is 5.74. The van der Waals surface area contributed by atoms with Crippen molar-refractivity contribution in [2.75, 3.05) is 0 Å². The first kappa shape index (κ1) is 16.8. The van der Waals surface area contributed by atoms with Gasteiger partial charge in [0, 0.05) is 5.57 Å². The molecule has 2 aliphatic rings. The van der Waals surface area contributed by atoms with E-state index in [-0.39, 0.29) is 5.97 Å². The van der Waals surface area contributed by atoms with Gasteiger partial charge in [0.1, 0.15) is 0 Å². The third-order valence-corrected chi connectivity index (χ3v) is 11.4. The van der Waals surface area contributed by atoms with Crippen LogP contribution in [-0.4, -0.2) is 14.3 Å². The van der Waals surface area contributed by atoms with E-state index in [1.54, 1.807) is 6.92 Å². The SMILES string of the molecule is C=C(C)C(=O)O[Si](CC)(C1CCCCC1)C1CCCCC1. The third kappa shape index (κ3) is 3.80. The zero-order valence-electron chi connectivity index (χ0n) is 14.0. The van der Waals surface area contributed by atoms with E-state index in [9.17, 15) is 4.79 Å². The van der Waals surface area contributed by atoms with Crippen molar-refractivity contribution in [2.45, 2.75) is 95.2 Å². The molecule has 0 radical (unpaired) electrons. The van der Waals surface area contributed by atoms with E-state index in [1.807, 2.05) is 0 Å². The summed E-state index contributed by atoms with van der Waals surface area (Å²) in [4.78, 5) is 12.3. The van der Waals surface area contributed by atoms with Crippen LogP contribution in [-0.2, 0) is 9.22 Å². The maximum atomic E-state index is 12.3. The van der Waals surface area contributed by atoms with Gasteiger partial charge in [0.15, 0.2) is 0 Å². The van der Waals surface area contributed by atoms with Gasteiger partial charge < -0.3 is 4.43 Å². The van der Waals surface area contributed by atoms with Gasteiger partial charge in [-0.25, -0.2) is 4.79 Å². The Morgan fingerprint density at radius 2 is 1.43 bits per heavy atom. The van der Waals surface area contributed by atoms with Crippen LogP contribution in [0.25, 0.3) is 0 Å². The minimum atomic E-state index is -2.00. The van der Waals surface area contributed by atoms with Crippen LogP contribution in [0.5, 0.6) is 0 Å². The minimum Gasteiger partial charge on any atom is -0.515 e. The van der Waals surface area contributed by atoms with E-state index in [2.05, 4.69) is 13.5 Å². The lowest BCUT2D eigenvalue weighted by Crippen LogP contribution is -2.50. The summed E-state index contributed by atoms with van der Waals surface area (Å²) in [5.74, 6) is -0.111. The predicted molar refractivity (Wildman–Crippen MR) is 90.8 cm³/mol. The first-order valence-electron chi connectivity index (χ1n) is 8.99. The summed E-state index contributed by atoms with van der Waals surface area (Å²) in [5.41, 5.74) is 1.97. The normalized spacial score (nSPS) is 22.0. The average Bonchev–Trinajstić information content (AvgIpc) is 2.54. The Morgan fingerprint density at radius 1 is 1.00 bits per heavy atom. The summed E-state index contributed by atoms with van der Waals surface area (Å²) in [6.07, 6.45) is 13.2. The molecule has 0 saturated heterocycles. The highest BCUT2D eigenvalue weighted by Crippen LogP contribution is 2.50. The highest BCUT2D eigenvalue weighted by Gasteiger charge is 2.51. The summed E-state index contributed by atoms with van der Waals surface area (Å²) in [5, 5.41) is 0. The zero-order valence-corrected chi connectivity index (χ0v) is 15.0. The molecule has 0 aromatic rings. The lowest BCUT2D eigenvalue weighted by molar-refractivity contribution is -0.131. The molecule has 2 fully saturated rings. The minimum absolute atomic E-state index is 0.111. The van der Waals surface area contributed by atoms with Crippen molar-refractivity contribution in [1.29, 1.82) is 0 Å². The van der Waals surface area contributed by atoms with Gasteiger partial charge in [-0.1, -0.05) is 52.0 Å². The summed E-state index contributed by atoms with van der Waals surface area (Å²) in [7, 11) is -2.00. The highest BCUT2D eigenvalue weighted by molar-refractivity contribution is 6.78. The Bertz CT molecular complexity index is 347. The molecule has 120 valence electrons.